The summed E-state index contributed by atoms with van der Waals surface area (Å²) < 4.78 is 29.0. The molecule has 2 saturated heterocycles. The fraction of sp³-hybridized carbons (Fsp3) is 0.395. The first kappa shape index (κ1) is 42.3. The summed E-state index contributed by atoms with van der Waals surface area (Å²) in [5.41, 5.74) is 0.874. The molecule has 18 heteroatoms. The van der Waals surface area contributed by atoms with Gasteiger partial charge in [-0.05, 0) is 71.5 Å². The van der Waals surface area contributed by atoms with Crippen molar-refractivity contribution in [2.45, 2.75) is 87.1 Å². The standard InChI is InChI=1S/C43H44O18/c1-14-4-18-28(20-8-16(46)9-24(32(20)36(51)30(18)22(47)6-14)58-42-40(55)38(53)34(49)26(12-44)60-42)29-19-5-15(2)7-23(48)31(19)37(52)33-21(29)10-17(57-3)11-25(33)59-43-41(56)39(54)35(50)27(13-45)61-43/h4-11,26-29,34-35,38-50,53-56H,12-13H2,1-3H3/t26-,27-,28+,29+,34-,35-,38+,39+,40-,41-,42-,43-/m1/s1. The quantitative estimate of drug-likeness (QED) is 0.110. The molecule has 0 bridgehead atoms. The van der Waals surface area contributed by atoms with Crippen molar-refractivity contribution >= 4 is 11.6 Å². The highest BCUT2D eigenvalue weighted by Gasteiger charge is 2.50. The normalized spacial score (nSPS) is 30.5. The fourth-order valence-corrected chi connectivity index (χ4v) is 8.97. The largest absolute Gasteiger partial charge is 0.508 e. The van der Waals surface area contributed by atoms with E-state index in [-0.39, 0.29) is 56.0 Å². The Morgan fingerprint density at radius 1 is 0.525 bits per heavy atom. The number of fused-ring (bicyclic) bond motifs is 4. The first-order valence-corrected chi connectivity index (χ1v) is 19.3. The summed E-state index contributed by atoms with van der Waals surface area (Å²) in [6, 6.07) is 11.1. The van der Waals surface area contributed by atoms with Crippen LogP contribution in [0.25, 0.3) is 0 Å². The predicted octanol–water partition coefficient (Wildman–Crippen LogP) is -0.161. The SMILES string of the molecule is COc1cc(O[C@@H]2O[C@H](CO)[C@@H](O)[C@H](O)[C@H]2O)c2c(c1)[C@@H]([C@H]1c3cc(C)cc(O)c3C(=O)c3c(O[C@@H]4O[C@H](CO)[C@@H](O)[C@H](O)[C@H]4O)cc(O)cc31)c1cc(C)cc(O)c1C2=O. The van der Waals surface area contributed by atoms with Gasteiger partial charge in [0.15, 0.2) is 0 Å². The number of phenolic OH excluding ortho intramolecular Hbond substituents is 3. The highest BCUT2D eigenvalue weighted by Crippen LogP contribution is 2.57. The van der Waals surface area contributed by atoms with Crippen LogP contribution >= 0.6 is 0 Å². The van der Waals surface area contributed by atoms with Crippen molar-refractivity contribution in [2.24, 2.45) is 0 Å². The average Bonchev–Trinajstić information content (AvgIpc) is 3.21. The molecule has 18 nitrogen and oxygen atoms in total. The summed E-state index contributed by atoms with van der Waals surface area (Å²) >= 11 is 0. The number of methoxy groups -OCH3 is 1. The molecule has 0 spiro atoms. The third kappa shape index (κ3) is 6.85. The minimum atomic E-state index is -1.92. The van der Waals surface area contributed by atoms with Crippen LogP contribution in [0.15, 0.2) is 48.5 Å². The van der Waals surface area contributed by atoms with Gasteiger partial charge in [-0.1, -0.05) is 12.1 Å². The number of hydrogen-bond acceptors (Lipinski definition) is 18. The highest BCUT2D eigenvalue weighted by molar-refractivity contribution is 6.18. The van der Waals surface area contributed by atoms with Crippen LogP contribution in [0, 0.1) is 13.8 Å². The van der Waals surface area contributed by atoms with Crippen molar-refractivity contribution in [3.05, 3.63) is 104 Å². The average molecular weight is 849 g/mol. The van der Waals surface area contributed by atoms with Gasteiger partial charge in [-0.3, -0.25) is 9.59 Å². The van der Waals surface area contributed by atoms with E-state index in [1.54, 1.807) is 26.0 Å². The Hall–Kier alpha value is -5.38. The molecule has 4 aromatic carbocycles. The molecule has 2 fully saturated rings. The van der Waals surface area contributed by atoms with Crippen molar-refractivity contribution in [1.82, 2.24) is 0 Å². The van der Waals surface area contributed by atoms with E-state index in [2.05, 4.69) is 0 Å². The third-order valence-corrected chi connectivity index (χ3v) is 11.8. The van der Waals surface area contributed by atoms with Crippen LogP contribution < -0.4 is 14.2 Å². The van der Waals surface area contributed by atoms with E-state index in [0.717, 1.165) is 6.07 Å². The molecule has 12 atom stereocenters. The summed E-state index contributed by atoms with van der Waals surface area (Å²) in [6.07, 6.45) is -17.3. The lowest BCUT2D eigenvalue weighted by Crippen LogP contribution is -2.60. The molecule has 324 valence electrons. The Bertz CT molecular complexity index is 2410. The smallest absolute Gasteiger partial charge is 0.229 e. The van der Waals surface area contributed by atoms with Gasteiger partial charge < -0.3 is 79.9 Å². The Morgan fingerprint density at radius 2 is 0.934 bits per heavy atom. The summed E-state index contributed by atoms with van der Waals surface area (Å²) in [7, 11) is 1.33. The number of ketones is 2. The van der Waals surface area contributed by atoms with Crippen LogP contribution in [-0.4, -0.2) is 149 Å². The monoisotopic (exact) mass is 848 g/mol. The van der Waals surface area contributed by atoms with Crippen molar-refractivity contribution in [3.8, 4) is 34.5 Å². The summed E-state index contributed by atoms with van der Waals surface area (Å²) in [5, 5.41) is 118. The van der Waals surface area contributed by atoms with Crippen molar-refractivity contribution in [3.63, 3.8) is 0 Å². The molecule has 2 aliphatic carbocycles. The number of ether oxygens (including phenoxy) is 5. The molecule has 0 radical (unpaired) electrons. The topological polar surface area (TPSA) is 303 Å². The zero-order valence-electron chi connectivity index (χ0n) is 32.7. The van der Waals surface area contributed by atoms with Gasteiger partial charge in [0.25, 0.3) is 0 Å². The molecule has 0 unspecified atom stereocenters. The number of aliphatic hydroxyl groups excluding tert-OH is 8. The van der Waals surface area contributed by atoms with Gasteiger partial charge in [0.2, 0.25) is 24.1 Å². The second-order valence-electron chi connectivity index (χ2n) is 15.7. The minimum Gasteiger partial charge on any atom is -0.508 e. The molecular formula is C43H44O18. The molecule has 4 aliphatic rings. The first-order chi connectivity index (χ1) is 29.0. The maximum Gasteiger partial charge on any atom is 0.229 e. The van der Waals surface area contributed by atoms with E-state index in [1.807, 2.05) is 0 Å². The van der Waals surface area contributed by atoms with Crippen LogP contribution in [0.1, 0.15) is 77.1 Å². The van der Waals surface area contributed by atoms with Crippen LogP contribution in [0.2, 0.25) is 0 Å². The molecule has 11 N–H and O–H groups in total. The highest BCUT2D eigenvalue weighted by atomic mass is 16.7. The molecule has 2 heterocycles. The van der Waals surface area contributed by atoms with Crippen molar-refractivity contribution < 1.29 is 89.4 Å². The van der Waals surface area contributed by atoms with Gasteiger partial charge in [0.05, 0.1) is 42.6 Å². The van der Waals surface area contributed by atoms with E-state index >= 15 is 0 Å². The number of carbonyl (C=O) groups is 2. The molecule has 4 aromatic rings. The Morgan fingerprint density at radius 3 is 1.36 bits per heavy atom. The second-order valence-corrected chi connectivity index (χ2v) is 15.7. The number of aromatic hydroxyl groups is 3. The van der Waals surface area contributed by atoms with Gasteiger partial charge in [0, 0.05) is 24.0 Å². The minimum absolute atomic E-state index is 0.0681. The van der Waals surface area contributed by atoms with Crippen LogP contribution in [0.5, 0.6) is 34.5 Å². The Balaban J connectivity index is 1.38. The zero-order valence-corrected chi connectivity index (χ0v) is 32.7. The van der Waals surface area contributed by atoms with Gasteiger partial charge in [0.1, 0.15) is 83.3 Å². The molecule has 2 aliphatic heterocycles. The van der Waals surface area contributed by atoms with Gasteiger partial charge in [-0.15, -0.1) is 0 Å². The Kier molecular flexibility index (Phi) is 11.0. The number of aryl methyl sites for hydroxylation is 2. The molecular weight excluding hydrogens is 804 g/mol. The van der Waals surface area contributed by atoms with E-state index in [1.165, 1.54) is 37.4 Å². The summed E-state index contributed by atoms with van der Waals surface area (Å²) in [6.45, 7) is 1.78. The lowest BCUT2D eigenvalue weighted by molar-refractivity contribution is -0.277. The number of rotatable bonds is 8. The van der Waals surface area contributed by atoms with Crippen molar-refractivity contribution in [1.29, 1.82) is 0 Å². The summed E-state index contributed by atoms with van der Waals surface area (Å²) in [4.78, 5) is 29.5. The van der Waals surface area contributed by atoms with Crippen LogP contribution in [0.3, 0.4) is 0 Å². The van der Waals surface area contributed by atoms with E-state index in [9.17, 15) is 65.8 Å². The summed E-state index contributed by atoms with van der Waals surface area (Å²) in [5.74, 6) is -5.76. The van der Waals surface area contributed by atoms with Crippen LogP contribution in [0.4, 0.5) is 0 Å². The van der Waals surface area contributed by atoms with E-state index in [4.69, 9.17) is 23.7 Å². The molecule has 8 rings (SSSR count). The van der Waals surface area contributed by atoms with Gasteiger partial charge in [-0.2, -0.15) is 0 Å². The van der Waals surface area contributed by atoms with E-state index in [0.29, 0.717) is 11.1 Å². The Labute approximate surface area is 346 Å². The third-order valence-electron chi connectivity index (χ3n) is 11.8. The van der Waals surface area contributed by atoms with Crippen LogP contribution in [-0.2, 0) is 9.47 Å². The molecule has 0 amide bonds. The number of hydrogen-bond donors (Lipinski definition) is 11. The lowest BCUT2D eigenvalue weighted by Gasteiger charge is -2.42. The van der Waals surface area contributed by atoms with E-state index < -0.39 is 121 Å². The number of phenols is 3. The first-order valence-electron chi connectivity index (χ1n) is 19.3. The van der Waals surface area contributed by atoms with Crippen molar-refractivity contribution in [2.75, 3.05) is 20.3 Å². The van der Waals surface area contributed by atoms with Gasteiger partial charge in [-0.25, -0.2) is 0 Å². The zero-order chi connectivity index (χ0) is 43.9. The lowest BCUT2D eigenvalue weighted by atomic mass is 9.63. The number of aliphatic hydroxyl groups is 8. The second kappa shape index (κ2) is 15.8. The van der Waals surface area contributed by atoms with Gasteiger partial charge >= 0.3 is 0 Å². The fourth-order valence-electron chi connectivity index (χ4n) is 8.97. The predicted molar refractivity (Wildman–Crippen MR) is 206 cm³/mol. The maximum absolute atomic E-state index is 14.8. The molecule has 0 aromatic heterocycles. The molecule has 0 saturated carbocycles. The number of benzene rings is 4. The molecule has 61 heavy (non-hydrogen) atoms. The maximum atomic E-state index is 14.8. The number of carbonyl (C=O) groups excluding carboxylic acids is 2.